The Bertz CT molecular complexity index is 1290. The summed E-state index contributed by atoms with van der Waals surface area (Å²) in [5.41, 5.74) is 0. The molecule has 0 aliphatic carbocycles. The number of rotatable bonds is 74. The molecule has 0 aromatic heterocycles. The lowest BCUT2D eigenvalue weighted by Gasteiger charge is -2.19. The number of amides is 1. The molecule has 4 nitrogen and oxygen atoms in total. The molecule has 0 rings (SSSR count). The first-order chi connectivity index (χ1) is 41.7. The number of nitrogens with one attached hydrogen (secondary N) is 1. The van der Waals surface area contributed by atoms with Crippen molar-refractivity contribution in [3.63, 3.8) is 0 Å². The fourth-order valence-corrected chi connectivity index (χ4v) is 12.7. The van der Waals surface area contributed by atoms with Crippen LogP contribution in [0.4, 0.5) is 0 Å². The molecule has 0 aromatic carbocycles. The predicted molar refractivity (Wildman–Crippen MR) is 378 cm³/mol. The summed E-state index contributed by atoms with van der Waals surface area (Å²) in [6, 6.07) is -0.640. The highest BCUT2D eigenvalue weighted by molar-refractivity contribution is 5.76. The van der Waals surface area contributed by atoms with Crippen molar-refractivity contribution >= 4 is 5.91 Å². The van der Waals surface area contributed by atoms with Crippen LogP contribution < -0.4 is 5.32 Å². The molecule has 0 saturated heterocycles. The highest BCUT2D eigenvalue weighted by Crippen LogP contribution is 2.20. The van der Waals surface area contributed by atoms with Gasteiger partial charge in [0.05, 0.1) is 18.8 Å². The largest absolute Gasteiger partial charge is 0.394 e. The summed E-state index contributed by atoms with van der Waals surface area (Å²) in [7, 11) is 0. The Labute approximate surface area is 529 Å². The van der Waals surface area contributed by atoms with Crippen molar-refractivity contribution < 1.29 is 15.0 Å². The minimum Gasteiger partial charge on any atom is -0.394 e. The van der Waals surface area contributed by atoms with Gasteiger partial charge < -0.3 is 15.5 Å². The zero-order valence-electron chi connectivity index (χ0n) is 57.7. The third-order valence-corrected chi connectivity index (χ3v) is 18.6. The van der Waals surface area contributed by atoms with Gasteiger partial charge in [0.1, 0.15) is 0 Å². The lowest BCUT2D eigenvalue weighted by Crippen LogP contribution is -2.45. The van der Waals surface area contributed by atoms with E-state index < -0.39 is 12.1 Å². The smallest absolute Gasteiger partial charge is 0.220 e. The molecule has 0 fully saturated rings. The van der Waals surface area contributed by atoms with Gasteiger partial charge in [0, 0.05) is 6.42 Å². The van der Waals surface area contributed by atoms with Gasteiger partial charge in [-0.2, -0.15) is 0 Å². The summed E-state index contributed by atoms with van der Waals surface area (Å²) in [4.78, 5) is 12.6. The highest BCUT2D eigenvalue weighted by Gasteiger charge is 2.18. The Kier molecular flexibility index (Phi) is 74.6. The number of carbonyl (C=O) groups excluding carboxylic acids is 1. The molecule has 4 heteroatoms. The molecular formula is C80H155NO3. The lowest BCUT2D eigenvalue weighted by atomic mass is 10.0. The average Bonchev–Trinajstić information content (AvgIpc) is 3.51. The van der Waals surface area contributed by atoms with Crippen molar-refractivity contribution in [3.8, 4) is 0 Å². The second kappa shape index (κ2) is 75.9. The van der Waals surface area contributed by atoms with Crippen LogP contribution in [0.15, 0.2) is 36.5 Å². The van der Waals surface area contributed by atoms with Crippen LogP contribution in [0.5, 0.6) is 0 Å². The number of unbranched alkanes of at least 4 members (excludes halogenated alkanes) is 63. The van der Waals surface area contributed by atoms with Crippen LogP contribution in [-0.2, 0) is 4.79 Å². The third-order valence-electron chi connectivity index (χ3n) is 18.6. The molecule has 0 radical (unpaired) electrons. The van der Waals surface area contributed by atoms with E-state index in [0.29, 0.717) is 6.42 Å². The molecule has 0 aromatic rings. The van der Waals surface area contributed by atoms with Crippen molar-refractivity contribution in [1.82, 2.24) is 5.32 Å². The Balaban J connectivity index is 3.40. The fraction of sp³-hybridized carbons (Fsp3) is 0.912. The topological polar surface area (TPSA) is 69.6 Å². The van der Waals surface area contributed by atoms with Gasteiger partial charge in [-0.25, -0.2) is 0 Å². The summed E-state index contributed by atoms with van der Waals surface area (Å²) in [5.74, 6) is -0.0638. The van der Waals surface area contributed by atoms with E-state index in [9.17, 15) is 15.0 Å². The fourth-order valence-electron chi connectivity index (χ4n) is 12.7. The molecule has 0 spiro atoms. The average molecular weight is 1180 g/mol. The second-order valence-electron chi connectivity index (χ2n) is 27.1. The summed E-state index contributed by atoms with van der Waals surface area (Å²) in [5, 5.41) is 23.3. The van der Waals surface area contributed by atoms with Crippen LogP contribution in [0.1, 0.15) is 450 Å². The summed E-state index contributed by atoms with van der Waals surface area (Å²) in [6.07, 6.45) is 106. The first kappa shape index (κ1) is 82.6. The molecule has 0 heterocycles. The van der Waals surface area contributed by atoms with Crippen molar-refractivity contribution in [2.75, 3.05) is 6.61 Å². The van der Waals surface area contributed by atoms with Gasteiger partial charge in [-0.1, -0.05) is 423 Å². The predicted octanol–water partition coefficient (Wildman–Crippen LogP) is 27.1. The number of carbonyl (C=O) groups is 1. The molecule has 84 heavy (non-hydrogen) atoms. The van der Waals surface area contributed by atoms with Crippen molar-refractivity contribution in [1.29, 1.82) is 0 Å². The molecule has 1 amide bonds. The van der Waals surface area contributed by atoms with Crippen molar-refractivity contribution in [2.45, 2.75) is 463 Å². The zero-order valence-corrected chi connectivity index (χ0v) is 57.7. The first-order valence-electron chi connectivity index (χ1n) is 39.2. The van der Waals surface area contributed by atoms with Gasteiger partial charge in [0.2, 0.25) is 5.91 Å². The maximum Gasteiger partial charge on any atom is 0.220 e. The van der Waals surface area contributed by atoms with Crippen LogP contribution in [-0.4, -0.2) is 34.9 Å². The number of aliphatic hydroxyl groups excluding tert-OH is 2. The van der Waals surface area contributed by atoms with Gasteiger partial charge >= 0.3 is 0 Å². The second-order valence-corrected chi connectivity index (χ2v) is 27.1. The van der Waals surface area contributed by atoms with Gasteiger partial charge in [-0.15, -0.1) is 0 Å². The number of hydrogen-bond donors (Lipinski definition) is 3. The minimum atomic E-state index is -0.863. The molecule has 2 unspecified atom stereocenters. The van der Waals surface area contributed by atoms with Gasteiger partial charge in [-0.3, -0.25) is 4.79 Å². The van der Waals surface area contributed by atoms with E-state index in [4.69, 9.17) is 0 Å². The van der Waals surface area contributed by atoms with Crippen molar-refractivity contribution in [3.05, 3.63) is 36.5 Å². The summed E-state index contributed by atoms with van der Waals surface area (Å²) < 4.78 is 0. The van der Waals surface area contributed by atoms with Gasteiger partial charge in [-0.05, 0) is 57.8 Å². The van der Waals surface area contributed by atoms with Gasteiger partial charge in [0.15, 0.2) is 0 Å². The molecule has 0 aliphatic heterocycles. The first-order valence-corrected chi connectivity index (χ1v) is 39.2. The van der Waals surface area contributed by atoms with E-state index in [1.165, 1.54) is 398 Å². The van der Waals surface area contributed by atoms with E-state index in [-0.39, 0.29) is 12.5 Å². The molecule has 0 aliphatic rings. The summed E-state index contributed by atoms with van der Waals surface area (Å²) >= 11 is 0. The maximum absolute atomic E-state index is 12.6. The van der Waals surface area contributed by atoms with Crippen LogP contribution in [0.3, 0.4) is 0 Å². The highest BCUT2D eigenvalue weighted by atomic mass is 16.3. The molecule has 0 saturated carbocycles. The maximum atomic E-state index is 12.6. The monoisotopic (exact) mass is 1180 g/mol. The van der Waals surface area contributed by atoms with E-state index in [1.807, 2.05) is 6.08 Å². The third kappa shape index (κ3) is 71.4. The van der Waals surface area contributed by atoms with E-state index >= 15 is 0 Å². The van der Waals surface area contributed by atoms with E-state index in [0.717, 1.165) is 32.1 Å². The van der Waals surface area contributed by atoms with Crippen LogP contribution in [0, 0.1) is 0 Å². The number of allylic oxidation sites excluding steroid dienone is 5. The minimum absolute atomic E-state index is 0.0638. The Morgan fingerprint density at radius 2 is 0.464 bits per heavy atom. The zero-order chi connectivity index (χ0) is 60.5. The molecule has 3 N–H and O–H groups in total. The quantitative estimate of drug-likeness (QED) is 0.0420. The van der Waals surface area contributed by atoms with Crippen LogP contribution in [0.2, 0.25) is 0 Å². The Hall–Kier alpha value is -1.39. The van der Waals surface area contributed by atoms with Gasteiger partial charge in [0.25, 0.3) is 0 Å². The summed E-state index contributed by atoms with van der Waals surface area (Å²) in [6.45, 7) is 4.35. The number of aliphatic hydroxyl groups is 2. The van der Waals surface area contributed by atoms with E-state index in [2.05, 4.69) is 43.5 Å². The van der Waals surface area contributed by atoms with Crippen molar-refractivity contribution in [2.24, 2.45) is 0 Å². The Morgan fingerprint density at radius 1 is 0.274 bits per heavy atom. The van der Waals surface area contributed by atoms with Crippen LogP contribution in [0.25, 0.3) is 0 Å². The van der Waals surface area contributed by atoms with E-state index in [1.54, 1.807) is 6.08 Å². The van der Waals surface area contributed by atoms with Crippen LogP contribution >= 0.6 is 0 Å². The molecular weight excluding hydrogens is 1020 g/mol. The standard InChI is InChI=1S/C80H155NO3/c1-3-5-7-9-11-13-15-17-19-21-23-25-27-29-31-33-35-37-38-39-40-41-42-44-46-48-50-52-54-56-58-60-62-64-66-68-70-72-74-76-80(84)81-78(77-82)79(83)75-73-71-69-67-65-63-61-59-57-55-53-51-49-47-45-43-36-34-32-30-28-26-24-22-20-18-16-14-12-10-8-6-4-2/h21,23,65,67,73,75,78-79,82-83H,3-20,22,24-64,66,68-72,74,76-77H2,1-2H3,(H,81,84)/b23-21-,67-65+,75-73+. The molecule has 498 valence electrons. The lowest BCUT2D eigenvalue weighted by molar-refractivity contribution is -0.123. The molecule has 0 bridgehead atoms. The SMILES string of the molecule is CCCCCCCCCC/C=C\CCCCCCCCCCCCCCCCCCCCCCCCCCCCCC(=O)NC(CO)C(O)/C=C/CC/C=C/CCCCCCCCCCCCCCCCCCCCCCCCCCCCC. The number of hydrogen-bond acceptors (Lipinski definition) is 3. The molecule has 2 atom stereocenters. The normalized spacial score (nSPS) is 12.8. The Morgan fingerprint density at radius 3 is 0.690 bits per heavy atom.